The first-order valence-electron chi connectivity index (χ1n) is 4.79. The maximum atomic E-state index is 7.19. The first-order valence-corrected chi connectivity index (χ1v) is 4.79. The van der Waals surface area contributed by atoms with Gasteiger partial charge in [-0.2, -0.15) is 0 Å². The number of hydrogen-bond donors (Lipinski definition) is 2. The Morgan fingerprint density at radius 2 is 1.93 bits per heavy atom. The molecular formula is C11H18ClN3. The predicted molar refractivity (Wildman–Crippen MR) is 66.6 cm³/mol. The standard InChI is InChI=1S/C11H17N3.ClH/c1-14(11(12)13)9-5-8-10-6-3-2-4-7-10;/h2-4,6-7H,5,8-9H2,1H3,(H3,12,13);1H. The molecule has 0 spiro atoms. The Bertz CT molecular complexity index is 287. The van der Waals surface area contributed by atoms with E-state index in [4.69, 9.17) is 11.1 Å². The molecule has 15 heavy (non-hydrogen) atoms. The van der Waals surface area contributed by atoms with Crippen LogP contribution in [0, 0.1) is 5.41 Å². The first kappa shape index (κ1) is 13.8. The number of nitrogens with zero attached hydrogens (tertiary/aromatic N) is 1. The van der Waals surface area contributed by atoms with Gasteiger partial charge in [-0.15, -0.1) is 12.4 Å². The number of benzene rings is 1. The lowest BCUT2D eigenvalue weighted by atomic mass is 10.1. The number of guanidine groups is 1. The molecule has 0 fully saturated rings. The molecule has 0 aliphatic rings. The molecular weight excluding hydrogens is 210 g/mol. The van der Waals surface area contributed by atoms with Crippen LogP contribution < -0.4 is 5.73 Å². The summed E-state index contributed by atoms with van der Waals surface area (Å²) in [5, 5.41) is 7.19. The topological polar surface area (TPSA) is 53.1 Å². The van der Waals surface area contributed by atoms with E-state index in [1.807, 2.05) is 25.2 Å². The van der Waals surface area contributed by atoms with Crippen LogP contribution >= 0.6 is 12.4 Å². The predicted octanol–water partition coefficient (Wildman–Crippen LogP) is 1.87. The van der Waals surface area contributed by atoms with Gasteiger partial charge in [0.15, 0.2) is 5.96 Å². The van der Waals surface area contributed by atoms with E-state index in [-0.39, 0.29) is 18.4 Å². The Hall–Kier alpha value is -1.22. The Morgan fingerprint density at radius 1 is 1.33 bits per heavy atom. The number of rotatable bonds is 4. The first-order chi connectivity index (χ1) is 6.70. The lowest BCUT2D eigenvalue weighted by Gasteiger charge is -2.15. The van der Waals surface area contributed by atoms with Crippen molar-refractivity contribution < 1.29 is 0 Å². The lowest BCUT2D eigenvalue weighted by molar-refractivity contribution is 0.480. The van der Waals surface area contributed by atoms with Gasteiger partial charge in [-0.3, -0.25) is 5.41 Å². The van der Waals surface area contributed by atoms with Crippen molar-refractivity contribution >= 4 is 18.4 Å². The van der Waals surface area contributed by atoms with Gasteiger partial charge in [0.05, 0.1) is 0 Å². The van der Waals surface area contributed by atoms with Gasteiger partial charge in [0.25, 0.3) is 0 Å². The summed E-state index contributed by atoms with van der Waals surface area (Å²) in [4.78, 5) is 1.75. The minimum atomic E-state index is 0. The summed E-state index contributed by atoms with van der Waals surface area (Å²) in [7, 11) is 1.84. The molecule has 1 aromatic rings. The summed E-state index contributed by atoms with van der Waals surface area (Å²) in [5.74, 6) is 0.137. The van der Waals surface area contributed by atoms with Gasteiger partial charge in [0.2, 0.25) is 0 Å². The van der Waals surface area contributed by atoms with Crippen molar-refractivity contribution in [1.82, 2.24) is 4.90 Å². The molecule has 1 rings (SSSR count). The van der Waals surface area contributed by atoms with Gasteiger partial charge in [-0.05, 0) is 18.4 Å². The van der Waals surface area contributed by atoms with Crippen LogP contribution in [-0.4, -0.2) is 24.5 Å². The molecule has 3 N–H and O–H groups in total. The number of aryl methyl sites for hydroxylation is 1. The van der Waals surface area contributed by atoms with Crippen molar-refractivity contribution in [3.05, 3.63) is 35.9 Å². The molecule has 84 valence electrons. The smallest absolute Gasteiger partial charge is 0.188 e. The minimum absolute atomic E-state index is 0. The molecule has 0 amide bonds. The van der Waals surface area contributed by atoms with E-state index >= 15 is 0 Å². The average molecular weight is 228 g/mol. The molecule has 0 radical (unpaired) electrons. The van der Waals surface area contributed by atoms with E-state index in [2.05, 4.69) is 12.1 Å². The maximum absolute atomic E-state index is 7.19. The molecule has 0 aliphatic carbocycles. The van der Waals surface area contributed by atoms with Crippen LogP contribution in [0.25, 0.3) is 0 Å². The van der Waals surface area contributed by atoms with Gasteiger partial charge >= 0.3 is 0 Å². The zero-order valence-electron chi connectivity index (χ0n) is 8.94. The third kappa shape index (κ3) is 5.27. The number of nitrogens with one attached hydrogen (secondary N) is 1. The van der Waals surface area contributed by atoms with E-state index in [0.717, 1.165) is 19.4 Å². The van der Waals surface area contributed by atoms with Crippen LogP contribution in [0.4, 0.5) is 0 Å². The highest BCUT2D eigenvalue weighted by atomic mass is 35.5. The highest BCUT2D eigenvalue weighted by molar-refractivity contribution is 5.85. The van der Waals surface area contributed by atoms with E-state index in [1.165, 1.54) is 5.56 Å². The van der Waals surface area contributed by atoms with Crippen molar-refractivity contribution in [2.75, 3.05) is 13.6 Å². The molecule has 4 heteroatoms. The Kier molecular flexibility index (Phi) is 6.54. The van der Waals surface area contributed by atoms with Crippen molar-refractivity contribution in [1.29, 1.82) is 5.41 Å². The average Bonchev–Trinajstić information content (AvgIpc) is 2.19. The van der Waals surface area contributed by atoms with Crippen LogP contribution in [0.15, 0.2) is 30.3 Å². The Morgan fingerprint density at radius 3 is 2.47 bits per heavy atom. The monoisotopic (exact) mass is 227 g/mol. The molecule has 0 unspecified atom stereocenters. The molecule has 0 heterocycles. The molecule has 0 saturated heterocycles. The number of hydrogen-bond acceptors (Lipinski definition) is 1. The maximum Gasteiger partial charge on any atom is 0.188 e. The second kappa shape index (κ2) is 7.12. The zero-order chi connectivity index (χ0) is 10.4. The molecule has 3 nitrogen and oxygen atoms in total. The Balaban J connectivity index is 0.00000196. The summed E-state index contributed by atoms with van der Waals surface area (Å²) >= 11 is 0. The second-order valence-corrected chi connectivity index (χ2v) is 3.40. The van der Waals surface area contributed by atoms with Crippen molar-refractivity contribution in [3.8, 4) is 0 Å². The summed E-state index contributed by atoms with van der Waals surface area (Å²) in [6.07, 6.45) is 2.07. The molecule has 0 aromatic heterocycles. The summed E-state index contributed by atoms with van der Waals surface area (Å²) in [5.41, 5.74) is 6.66. The SMILES string of the molecule is CN(CCCc1ccccc1)C(=N)N.Cl. The van der Waals surface area contributed by atoms with Gasteiger partial charge in [-0.25, -0.2) is 0 Å². The van der Waals surface area contributed by atoms with Gasteiger partial charge in [-0.1, -0.05) is 30.3 Å². The normalized spacial score (nSPS) is 9.13. The number of halogens is 1. The summed E-state index contributed by atoms with van der Waals surface area (Å²) in [6, 6.07) is 10.3. The second-order valence-electron chi connectivity index (χ2n) is 3.40. The fourth-order valence-electron chi connectivity index (χ4n) is 1.29. The molecule has 1 aromatic carbocycles. The summed E-state index contributed by atoms with van der Waals surface area (Å²) < 4.78 is 0. The fourth-order valence-corrected chi connectivity index (χ4v) is 1.29. The van der Waals surface area contributed by atoms with Gasteiger partial charge in [0, 0.05) is 13.6 Å². The van der Waals surface area contributed by atoms with Crippen molar-refractivity contribution in [2.45, 2.75) is 12.8 Å². The summed E-state index contributed by atoms with van der Waals surface area (Å²) in [6.45, 7) is 0.838. The molecule has 0 atom stereocenters. The van der Waals surface area contributed by atoms with Crippen LogP contribution in [-0.2, 0) is 6.42 Å². The highest BCUT2D eigenvalue weighted by Gasteiger charge is 1.98. The fraction of sp³-hybridized carbons (Fsp3) is 0.364. The molecule has 0 aliphatic heterocycles. The van der Waals surface area contributed by atoms with Gasteiger partial charge in [0.1, 0.15) is 0 Å². The van der Waals surface area contributed by atoms with Crippen molar-refractivity contribution in [2.24, 2.45) is 5.73 Å². The minimum Gasteiger partial charge on any atom is -0.370 e. The van der Waals surface area contributed by atoms with E-state index < -0.39 is 0 Å². The van der Waals surface area contributed by atoms with Crippen LogP contribution in [0.1, 0.15) is 12.0 Å². The number of nitrogens with two attached hydrogens (primary N) is 1. The zero-order valence-corrected chi connectivity index (χ0v) is 9.76. The highest BCUT2D eigenvalue weighted by Crippen LogP contribution is 2.02. The van der Waals surface area contributed by atoms with Crippen LogP contribution in [0.5, 0.6) is 0 Å². The molecule has 0 saturated carbocycles. The lowest BCUT2D eigenvalue weighted by Crippen LogP contribution is -2.33. The van der Waals surface area contributed by atoms with E-state index in [1.54, 1.807) is 4.90 Å². The quantitative estimate of drug-likeness (QED) is 0.610. The van der Waals surface area contributed by atoms with E-state index in [0.29, 0.717) is 0 Å². The van der Waals surface area contributed by atoms with Crippen molar-refractivity contribution in [3.63, 3.8) is 0 Å². The Labute approximate surface area is 97.2 Å². The third-order valence-electron chi connectivity index (χ3n) is 2.21. The van der Waals surface area contributed by atoms with Crippen LogP contribution in [0.3, 0.4) is 0 Å². The van der Waals surface area contributed by atoms with Gasteiger partial charge < -0.3 is 10.6 Å². The third-order valence-corrected chi connectivity index (χ3v) is 2.21. The van der Waals surface area contributed by atoms with E-state index in [9.17, 15) is 0 Å². The molecule has 0 bridgehead atoms. The largest absolute Gasteiger partial charge is 0.370 e. The van der Waals surface area contributed by atoms with Crippen LogP contribution in [0.2, 0.25) is 0 Å².